The Morgan fingerprint density at radius 3 is 1.96 bits per heavy atom. The van der Waals surface area contributed by atoms with E-state index in [9.17, 15) is 24.3 Å². The summed E-state index contributed by atoms with van der Waals surface area (Å²) in [5, 5.41) is 10.4. The molecule has 0 aliphatic carbocycles. The molecule has 0 saturated carbocycles. The third kappa shape index (κ3) is 4.39. The van der Waals surface area contributed by atoms with Crippen molar-refractivity contribution in [3.05, 3.63) is 0 Å². The molecule has 1 heterocycles. The van der Waals surface area contributed by atoms with Gasteiger partial charge in [-0.05, 0) is 0 Å². The maximum absolute atomic E-state index is 11.8. The van der Waals surface area contributed by atoms with Gasteiger partial charge in [0.15, 0.2) is 12.2 Å². The van der Waals surface area contributed by atoms with Crippen molar-refractivity contribution in [3.8, 4) is 0 Å². The van der Waals surface area contributed by atoms with Crippen LogP contribution in [0.25, 0.3) is 0 Å². The number of hydrogen-bond acceptors (Lipinski definition) is 10. The Kier molecular flexibility index (Phi) is 6.05. The minimum Gasteiger partial charge on any atom is -0.465 e. The van der Waals surface area contributed by atoms with E-state index in [2.05, 4.69) is 4.74 Å². The van der Waals surface area contributed by atoms with Crippen molar-refractivity contribution in [1.29, 1.82) is 0 Å². The normalized spacial score (nSPS) is 30.0. The molecule has 0 aromatic carbocycles. The summed E-state index contributed by atoms with van der Waals surface area (Å²) < 4.78 is 24.2. The van der Waals surface area contributed by atoms with Crippen LogP contribution in [0.15, 0.2) is 0 Å². The van der Waals surface area contributed by atoms with Crippen molar-refractivity contribution in [3.63, 3.8) is 0 Å². The van der Waals surface area contributed by atoms with E-state index in [1.165, 1.54) is 0 Å². The van der Waals surface area contributed by atoms with Crippen LogP contribution in [0.1, 0.15) is 20.8 Å². The van der Waals surface area contributed by atoms with Gasteiger partial charge in [0.05, 0.1) is 13.7 Å². The van der Waals surface area contributed by atoms with Crippen molar-refractivity contribution in [2.45, 2.75) is 44.9 Å². The highest BCUT2D eigenvalue weighted by atomic mass is 16.7. The Balaban J connectivity index is 3.24. The smallest absolute Gasteiger partial charge is 0.370 e. The van der Waals surface area contributed by atoms with E-state index in [4.69, 9.17) is 18.9 Å². The molecule has 1 aliphatic heterocycles. The molecule has 0 aromatic rings. The molecule has 0 aromatic heterocycles. The number of esters is 4. The minimum atomic E-state index is -2.71. The zero-order chi connectivity index (χ0) is 17.8. The van der Waals surface area contributed by atoms with E-state index in [-0.39, 0.29) is 0 Å². The predicted octanol–water partition coefficient (Wildman–Crippen LogP) is -1.33. The first kappa shape index (κ1) is 18.8. The first-order valence-electron chi connectivity index (χ1n) is 6.58. The summed E-state index contributed by atoms with van der Waals surface area (Å²) in [6.07, 6.45) is -4.43. The lowest BCUT2D eigenvalue weighted by atomic mass is 9.96. The van der Waals surface area contributed by atoms with Crippen LogP contribution in [-0.2, 0) is 42.9 Å². The lowest BCUT2D eigenvalue weighted by Crippen LogP contribution is -2.67. The van der Waals surface area contributed by atoms with Crippen LogP contribution < -0.4 is 0 Å². The first-order valence-corrected chi connectivity index (χ1v) is 6.58. The average Bonchev–Trinajstić information content (AvgIpc) is 2.43. The van der Waals surface area contributed by atoms with Crippen LogP contribution in [0.2, 0.25) is 0 Å². The predicted molar refractivity (Wildman–Crippen MR) is 69.6 cm³/mol. The fourth-order valence-electron chi connectivity index (χ4n) is 2.09. The molecule has 0 unspecified atom stereocenters. The van der Waals surface area contributed by atoms with Gasteiger partial charge in [0, 0.05) is 20.8 Å². The van der Waals surface area contributed by atoms with Crippen LogP contribution in [0.3, 0.4) is 0 Å². The largest absolute Gasteiger partial charge is 0.465 e. The lowest BCUT2D eigenvalue weighted by Gasteiger charge is -2.43. The van der Waals surface area contributed by atoms with Gasteiger partial charge in [0.2, 0.25) is 6.10 Å². The molecule has 0 spiro atoms. The second-order valence-corrected chi connectivity index (χ2v) is 4.75. The summed E-state index contributed by atoms with van der Waals surface area (Å²) in [5.74, 6) is -6.39. The third-order valence-electron chi connectivity index (χ3n) is 2.91. The second kappa shape index (κ2) is 7.38. The monoisotopic (exact) mass is 334 g/mol. The highest BCUT2D eigenvalue weighted by Crippen LogP contribution is 2.31. The van der Waals surface area contributed by atoms with Crippen LogP contribution in [0.4, 0.5) is 0 Å². The van der Waals surface area contributed by atoms with E-state index >= 15 is 0 Å². The molecule has 0 bridgehead atoms. The van der Waals surface area contributed by atoms with E-state index < -0.39 is 54.6 Å². The van der Waals surface area contributed by atoms with Crippen molar-refractivity contribution < 1.29 is 48.0 Å². The van der Waals surface area contributed by atoms with Gasteiger partial charge in [-0.3, -0.25) is 14.4 Å². The van der Waals surface area contributed by atoms with Crippen LogP contribution in [0, 0.1) is 0 Å². The van der Waals surface area contributed by atoms with Gasteiger partial charge >= 0.3 is 29.7 Å². The number of carbonyl (C=O) groups excluding carboxylic acids is 4. The fourth-order valence-corrected chi connectivity index (χ4v) is 2.09. The number of carbonyl (C=O) groups is 4. The number of methoxy groups -OCH3 is 1. The molecule has 1 fully saturated rings. The maximum Gasteiger partial charge on any atom is 0.370 e. The molecule has 10 nitrogen and oxygen atoms in total. The van der Waals surface area contributed by atoms with E-state index in [1.54, 1.807) is 0 Å². The molecule has 1 saturated heterocycles. The topological polar surface area (TPSA) is 135 Å². The summed E-state index contributed by atoms with van der Waals surface area (Å²) in [7, 11) is 0.980. The standard InChI is InChI=1S/C13H18O10/c1-6(14)21-9-5-20-13(18,12(17)19-4)11(23-8(3)16)10(9)22-7(2)15/h9-11,18H,5H2,1-4H3/t9-,10-,11+,13-/m1/s1. The molecule has 0 radical (unpaired) electrons. The zero-order valence-corrected chi connectivity index (χ0v) is 13.1. The molecule has 1 aliphatic rings. The zero-order valence-electron chi connectivity index (χ0n) is 13.1. The van der Waals surface area contributed by atoms with Crippen molar-refractivity contribution in [1.82, 2.24) is 0 Å². The van der Waals surface area contributed by atoms with E-state index in [1.807, 2.05) is 0 Å². The average molecular weight is 334 g/mol. The molecule has 4 atom stereocenters. The van der Waals surface area contributed by atoms with Crippen molar-refractivity contribution in [2.24, 2.45) is 0 Å². The number of rotatable bonds is 4. The Morgan fingerprint density at radius 2 is 1.52 bits per heavy atom. The lowest BCUT2D eigenvalue weighted by molar-refractivity contribution is -0.317. The van der Waals surface area contributed by atoms with Crippen LogP contribution in [0.5, 0.6) is 0 Å². The Hall–Kier alpha value is -2.20. The molecule has 23 heavy (non-hydrogen) atoms. The maximum atomic E-state index is 11.8. The summed E-state index contributed by atoms with van der Waals surface area (Å²) >= 11 is 0. The summed E-state index contributed by atoms with van der Waals surface area (Å²) in [6, 6.07) is 0. The summed E-state index contributed by atoms with van der Waals surface area (Å²) in [5.41, 5.74) is 0. The highest BCUT2D eigenvalue weighted by Gasteiger charge is 2.60. The molecule has 1 rings (SSSR count). The van der Waals surface area contributed by atoms with Crippen LogP contribution >= 0.6 is 0 Å². The molecule has 130 valence electrons. The molecule has 10 heteroatoms. The van der Waals surface area contributed by atoms with Gasteiger partial charge in [-0.15, -0.1) is 0 Å². The van der Waals surface area contributed by atoms with Crippen molar-refractivity contribution in [2.75, 3.05) is 13.7 Å². The summed E-state index contributed by atoms with van der Waals surface area (Å²) in [4.78, 5) is 45.5. The van der Waals surface area contributed by atoms with Gasteiger partial charge in [0.1, 0.15) is 0 Å². The number of hydrogen-bond donors (Lipinski definition) is 1. The van der Waals surface area contributed by atoms with Crippen LogP contribution in [-0.4, -0.2) is 66.8 Å². The Morgan fingerprint density at radius 1 is 1.00 bits per heavy atom. The van der Waals surface area contributed by atoms with E-state index in [0.717, 1.165) is 27.9 Å². The first-order chi connectivity index (χ1) is 10.6. The van der Waals surface area contributed by atoms with Gasteiger partial charge in [-0.1, -0.05) is 0 Å². The fraction of sp³-hybridized carbons (Fsp3) is 0.692. The summed E-state index contributed by atoms with van der Waals surface area (Å²) in [6.45, 7) is 2.69. The second-order valence-electron chi connectivity index (χ2n) is 4.75. The minimum absolute atomic E-state index is 0.485. The van der Waals surface area contributed by atoms with Crippen molar-refractivity contribution >= 4 is 23.9 Å². The molecular weight excluding hydrogens is 316 g/mol. The molecule has 0 amide bonds. The van der Waals surface area contributed by atoms with Gasteiger partial charge in [0.25, 0.3) is 0 Å². The Bertz CT molecular complexity index is 501. The van der Waals surface area contributed by atoms with Gasteiger partial charge in [-0.25, -0.2) is 4.79 Å². The third-order valence-corrected chi connectivity index (χ3v) is 2.91. The number of aliphatic hydroxyl groups is 1. The highest BCUT2D eigenvalue weighted by molar-refractivity contribution is 5.79. The molecule has 1 N–H and O–H groups in total. The van der Waals surface area contributed by atoms with Gasteiger partial charge in [-0.2, -0.15) is 0 Å². The van der Waals surface area contributed by atoms with Gasteiger partial charge < -0.3 is 28.8 Å². The molecular formula is C13H18O10. The number of ether oxygens (including phenoxy) is 5. The Labute approximate surface area is 131 Å². The SMILES string of the molecule is COC(=O)[C@]1(O)OC[C@@H](OC(C)=O)[C@@H](OC(C)=O)[C@@H]1OC(C)=O. The van der Waals surface area contributed by atoms with E-state index in [0.29, 0.717) is 0 Å². The quantitative estimate of drug-likeness (QED) is 0.487.